The topological polar surface area (TPSA) is 210 Å². The maximum atomic E-state index is 16.1. The van der Waals surface area contributed by atoms with Crippen LogP contribution in [0.2, 0.25) is 19.6 Å². The molecular weight excluding hydrogens is 867 g/mol. The van der Waals surface area contributed by atoms with E-state index in [0.29, 0.717) is 5.56 Å². The minimum atomic E-state index is -2.58. The van der Waals surface area contributed by atoms with Gasteiger partial charge >= 0.3 is 23.9 Å². The highest BCUT2D eigenvalue weighted by atomic mass is 28.4. The fourth-order valence-corrected chi connectivity index (χ4v) is 12.0. The van der Waals surface area contributed by atoms with Gasteiger partial charge in [-0.15, -0.1) is 0 Å². The Morgan fingerprint density at radius 2 is 1.39 bits per heavy atom. The standard InChI is InChI=1S/C50H59NO14Si/c1-28-34(62-46(58)39(54)38(31-19-13-10-14-20-31)51-44(56)32-21-15-11-16-22-32)26-50(59)43(63-45(57)33-23-17-12-18-24-33)41-48(6,42(55)40(61-29(2)52)37(28)47(50,4)5)35(65-66(7,8)9)25-36-49(41,27-60-36)64-30(3)53/h10-24,34-36,38-41,43,54,59H,25-27H2,1-9H3,(H,51,56)/t34-,35?,36+,38-,39+,40+,41?,43-,48+,49-,50+/m0/s1. The fraction of sp³-hybridized carbons (Fsp3) is 0.480. The summed E-state index contributed by atoms with van der Waals surface area (Å²) in [4.78, 5) is 85.1. The molecule has 3 aromatic rings. The van der Waals surface area contributed by atoms with E-state index in [9.17, 15) is 34.2 Å². The molecule has 0 radical (unpaired) electrons. The van der Waals surface area contributed by atoms with Gasteiger partial charge < -0.3 is 43.6 Å². The second-order valence-corrected chi connectivity index (χ2v) is 24.0. The number of esters is 4. The summed E-state index contributed by atoms with van der Waals surface area (Å²) in [6.45, 7) is 14.3. The zero-order valence-electron chi connectivity index (χ0n) is 38.7. The van der Waals surface area contributed by atoms with E-state index in [1.165, 1.54) is 19.1 Å². The summed E-state index contributed by atoms with van der Waals surface area (Å²) >= 11 is 0. The van der Waals surface area contributed by atoms with Gasteiger partial charge in [-0.05, 0) is 74.5 Å². The fourth-order valence-electron chi connectivity index (χ4n) is 10.8. The SMILES string of the molecule is CC(=O)O[C@H]1C(=O)[C@]2(C)C(O[Si](C)(C)C)C[C@H]3OC[C@@]3(OC(C)=O)C2[C@H](OC(=O)c2ccccc2)[C@]2(O)C[C@H](OC(=O)[C@H](O)[C@@H](NC(=O)c3ccccc3)c3ccccc3)C(C)=C1C2(C)C. The number of hydrogen-bond acceptors (Lipinski definition) is 14. The van der Waals surface area contributed by atoms with Crippen LogP contribution < -0.4 is 5.32 Å². The van der Waals surface area contributed by atoms with Crippen LogP contribution in [-0.2, 0) is 47.3 Å². The van der Waals surface area contributed by atoms with E-state index in [0.717, 1.165) is 6.92 Å². The molecular formula is C50H59NO14Si. The quantitative estimate of drug-likeness (QED) is 0.0875. The minimum Gasteiger partial charge on any atom is -0.456 e. The van der Waals surface area contributed by atoms with Crippen molar-refractivity contribution in [3.05, 3.63) is 119 Å². The molecule has 1 heterocycles. The third-order valence-electron chi connectivity index (χ3n) is 13.9. The highest BCUT2D eigenvalue weighted by Crippen LogP contribution is 2.65. The molecule has 0 spiro atoms. The lowest BCUT2D eigenvalue weighted by atomic mass is 9.44. The normalized spacial score (nSPS) is 30.9. The Kier molecular flexibility index (Phi) is 13.2. The molecule has 3 aromatic carbocycles. The summed E-state index contributed by atoms with van der Waals surface area (Å²) in [5.41, 5.74) is -6.45. The van der Waals surface area contributed by atoms with Crippen molar-refractivity contribution in [1.82, 2.24) is 5.32 Å². The first kappa shape index (κ1) is 48.4. The highest BCUT2D eigenvalue weighted by Gasteiger charge is 2.79. The van der Waals surface area contributed by atoms with E-state index in [1.54, 1.807) is 107 Å². The molecule has 1 amide bonds. The van der Waals surface area contributed by atoms with Crippen molar-refractivity contribution < 1.29 is 67.1 Å². The zero-order chi connectivity index (χ0) is 48.1. The predicted molar refractivity (Wildman–Crippen MR) is 240 cm³/mol. The summed E-state index contributed by atoms with van der Waals surface area (Å²) in [5.74, 6) is -6.35. The molecule has 2 saturated carbocycles. The smallest absolute Gasteiger partial charge is 0.338 e. The Labute approximate surface area is 385 Å². The van der Waals surface area contributed by atoms with E-state index in [4.69, 9.17) is 28.1 Å². The maximum absolute atomic E-state index is 16.1. The molecule has 0 aromatic heterocycles. The van der Waals surface area contributed by atoms with Crippen LogP contribution in [0.25, 0.3) is 0 Å². The lowest BCUT2D eigenvalue weighted by molar-refractivity contribution is -0.344. The summed E-state index contributed by atoms with van der Waals surface area (Å²) in [6.07, 6.45) is -9.31. The van der Waals surface area contributed by atoms with Gasteiger partial charge in [0.15, 0.2) is 31.9 Å². The van der Waals surface area contributed by atoms with Gasteiger partial charge in [0.1, 0.15) is 23.9 Å². The second-order valence-electron chi connectivity index (χ2n) is 19.6. The number of ketones is 1. The lowest BCUT2D eigenvalue weighted by Gasteiger charge is -2.68. The Morgan fingerprint density at radius 1 is 0.818 bits per heavy atom. The number of fused-ring (bicyclic) bond motifs is 5. The van der Waals surface area contributed by atoms with E-state index >= 15 is 4.79 Å². The number of rotatable bonds is 12. The van der Waals surface area contributed by atoms with Gasteiger partial charge in [0.2, 0.25) is 0 Å². The predicted octanol–water partition coefficient (Wildman–Crippen LogP) is 5.59. The minimum absolute atomic E-state index is 0.0593. The van der Waals surface area contributed by atoms with Crippen LogP contribution in [0.15, 0.2) is 102 Å². The van der Waals surface area contributed by atoms with Crippen molar-refractivity contribution in [2.75, 3.05) is 6.61 Å². The molecule has 3 fully saturated rings. The molecule has 16 heteroatoms. The first-order valence-corrected chi connectivity index (χ1v) is 25.6. The second kappa shape index (κ2) is 17.9. The monoisotopic (exact) mass is 925 g/mol. The summed E-state index contributed by atoms with van der Waals surface area (Å²) in [7, 11) is -2.58. The number of aliphatic hydroxyl groups excluding tert-OH is 1. The van der Waals surface area contributed by atoms with Crippen LogP contribution in [0.5, 0.6) is 0 Å². The van der Waals surface area contributed by atoms with Crippen molar-refractivity contribution in [1.29, 1.82) is 0 Å². The third kappa shape index (κ3) is 8.53. The average Bonchev–Trinajstić information content (AvgIpc) is 3.26. The number of carbonyl (C=O) groups excluding carboxylic acids is 6. The maximum Gasteiger partial charge on any atom is 0.338 e. The Balaban J connectivity index is 1.42. The molecule has 11 atom stereocenters. The Hall–Kier alpha value is -5.52. The van der Waals surface area contributed by atoms with Gasteiger partial charge in [-0.25, -0.2) is 9.59 Å². The Morgan fingerprint density at radius 3 is 1.92 bits per heavy atom. The molecule has 2 bridgehead atoms. The van der Waals surface area contributed by atoms with Crippen molar-refractivity contribution in [2.24, 2.45) is 16.7 Å². The molecule has 352 valence electrons. The van der Waals surface area contributed by atoms with Crippen LogP contribution in [0.4, 0.5) is 0 Å². The van der Waals surface area contributed by atoms with Crippen LogP contribution in [0.3, 0.4) is 0 Å². The molecule has 2 unspecified atom stereocenters. The molecule has 1 saturated heterocycles. The molecule has 3 N–H and O–H groups in total. The number of ether oxygens (including phenoxy) is 5. The molecule has 3 aliphatic carbocycles. The first-order valence-electron chi connectivity index (χ1n) is 22.2. The van der Waals surface area contributed by atoms with Gasteiger partial charge in [0.05, 0.1) is 35.6 Å². The molecule has 7 rings (SSSR count). The van der Waals surface area contributed by atoms with Gasteiger partial charge in [0, 0.05) is 37.7 Å². The number of aliphatic hydroxyl groups is 2. The third-order valence-corrected chi connectivity index (χ3v) is 14.9. The molecule has 15 nitrogen and oxygen atoms in total. The highest BCUT2D eigenvalue weighted by molar-refractivity contribution is 6.69. The first-order chi connectivity index (χ1) is 31.0. The van der Waals surface area contributed by atoms with Crippen LogP contribution >= 0.6 is 0 Å². The summed E-state index contributed by atoms with van der Waals surface area (Å²) in [6, 6.07) is 23.3. The molecule has 1 aliphatic heterocycles. The number of amides is 1. The summed E-state index contributed by atoms with van der Waals surface area (Å²) < 4.78 is 38.1. The largest absolute Gasteiger partial charge is 0.456 e. The van der Waals surface area contributed by atoms with Gasteiger partial charge in [-0.3, -0.25) is 19.2 Å². The van der Waals surface area contributed by atoms with Gasteiger partial charge in [-0.1, -0.05) is 80.6 Å². The van der Waals surface area contributed by atoms with E-state index < -0.39 is 121 Å². The van der Waals surface area contributed by atoms with Crippen molar-refractivity contribution in [3.8, 4) is 0 Å². The average molecular weight is 926 g/mol. The number of Topliss-reactive ketones (excluding diaryl/α,β-unsaturated/α-hetero) is 1. The Bertz CT molecular complexity index is 2400. The molecule has 4 aliphatic rings. The van der Waals surface area contributed by atoms with Crippen molar-refractivity contribution >= 4 is 43.9 Å². The van der Waals surface area contributed by atoms with Crippen LogP contribution in [0.1, 0.15) is 86.7 Å². The van der Waals surface area contributed by atoms with Crippen LogP contribution in [0, 0.1) is 16.7 Å². The number of benzene rings is 3. The molecule has 66 heavy (non-hydrogen) atoms. The van der Waals surface area contributed by atoms with Gasteiger partial charge in [0.25, 0.3) is 5.91 Å². The number of nitrogens with one attached hydrogen (secondary N) is 1. The van der Waals surface area contributed by atoms with E-state index in [2.05, 4.69) is 5.32 Å². The van der Waals surface area contributed by atoms with Gasteiger partial charge in [-0.2, -0.15) is 0 Å². The van der Waals surface area contributed by atoms with Crippen molar-refractivity contribution in [3.63, 3.8) is 0 Å². The van der Waals surface area contributed by atoms with E-state index in [1.807, 2.05) is 19.6 Å². The number of hydrogen-bond donors (Lipinski definition) is 3. The summed E-state index contributed by atoms with van der Waals surface area (Å²) in [5, 5.41) is 28.6. The van der Waals surface area contributed by atoms with Crippen LogP contribution in [-0.4, -0.2) is 109 Å². The number of carbonyl (C=O) groups is 6. The van der Waals surface area contributed by atoms with Crippen molar-refractivity contribution in [2.45, 2.75) is 128 Å². The van der Waals surface area contributed by atoms with E-state index in [-0.39, 0.29) is 35.3 Å². The zero-order valence-corrected chi connectivity index (χ0v) is 39.7. The lowest BCUT2D eigenvalue weighted by Crippen LogP contribution is -2.82.